The molecule has 29 nitrogen and oxygen atoms in total. The number of aliphatic carboxylic acids is 1. The van der Waals surface area contributed by atoms with Crippen LogP contribution in [0, 0.1) is 5.92 Å². The van der Waals surface area contributed by atoms with Gasteiger partial charge in [0.25, 0.3) is 0 Å². The topological polar surface area (TPSA) is 463 Å². The van der Waals surface area contributed by atoms with E-state index in [9.17, 15) is 84.0 Å². The number of hydrogen-bond acceptors (Lipinski definition) is 20. The van der Waals surface area contributed by atoms with Gasteiger partial charge in [0.2, 0.25) is 47.3 Å². The summed E-state index contributed by atoms with van der Waals surface area (Å²) in [5.74, 6) is -10.3. The van der Waals surface area contributed by atoms with Crippen molar-refractivity contribution in [2.24, 2.45) is 11.7 Å². The van der Waals surface area contributed by atoms with E-state index in [1.165, 1.54) is 20.8 Å². The number of carbonyl (C=O) groups is 9. The number of carboxylic acids is 1. The standard InChI is InChI=1S/C50H72N8O21/c1-22(2)35(58-47(73)36(52-24(4)62)23(3)76-49-37(53-25(5)63)42(39(66)33(21-61)77-49)79-50-41(68)40(67)38(65)32(20-60)78-50)46(72)57-31(19-59)45(71)54-28(16-26-12-8-6-9-13-26)43(69)55-29(18-34(51)64)44(70)56-30(48(74)75)17-27-14-10-7-11-15-27/h6-15,22-23,28-33,35-42,49-50,59-61,65-68H,16-21H2,1-5H3,(H2,51,64)(H,52,62)(H,53,63)(H,54,71)(H,55,69)(H,56,70)(H,57,72)(H,58,73)(H,74,75)/t23-,28+,29+,30+,31+,32-,33-,35+,36+,37-,38+,39+,40+,41-,42-,49+,50+/m1/s1. The number of rotatable bonds is 28. The zero-order chi connectivity index (χ0) is 58.8. The molecule has 0 aliphatic carbocycles. The predicted octanol–water partition coefficient (Wildman–Crippen LogP) is -6.82. The second-order valence-electron chi connectivity index (χ2n) is 19.3. The van der Waals surface area contributed by atoms with Gasteiger partial charge in [0.05, 0.1) is 32.3 Å². The summed E-state index contributed by atoms with van der Waals surface area (Å²) in [6, 6.07) is 4.88. The van der Waals surface area contributed by atoms with E-state index in [2.05, 4.69) is 37.2 Å². The maximum atomic E-state index is 14.2. The van der Waals surface area contributed by atoms with Crippen LogP contribution in [0.4, 0.5) is 0 Å². The minimum Gasteiger partial charge on any atom is -0.480 e. The quantitative estimate of drug-likeness (QED) is 0.0377. The number of nitrogens with one attached hydrogen (secondary N) is 7. The van der Waals surface area contributed by atoms with Gasteiger partial charge in [-0.05, 0) is 24.0 Å². The molecule has 2 aromatic carbocycles. The molecule has 0 bridgehead atoms. The van der Waals surface area contributed by atoms with E-state index in [0.717, 1.165) is 13.8 Å². The summed E-state index contributed by atoms with van der Waals surface area (Å²) < 4.78 is 23.1. The number of benzene rings is 2. The molecule has 17 N–H and O–H groups in total. The average molecular weight is 1120 g/mol. The molecular weight excluding hydrogens is 1050 g/mol. The van der Waals surface area contributed by atoms with Crippen LogP contribution < -0.4 is 43.0 Å². The Morgan fingerprint density at radius 1 is 0.570 bits per heavy atom. The molecule has 0 aromatic heterocycles. The first-order valence-electron chi connectivity index (χ1n) is 25.1. The molecule has 2 aliphatic heterocycles. The zero-order valence-electron chi connectivity index (χ0n) is 43.9. The van der Waals surface area contributed by atoms with Crippen LogP contribution in [0.1, 0.15) is 52.2 Å². The molecule has 17 atom stereocenters. The van der Waals surface area contributed by atoms with Crippen molar-refractivity contribution < 1.29 is 103 Å². The van der Waals surface area contributed by atoms with Gasteiger partial charge in [-0.3, -0.25) is 38.4 Å². The molecule has 0 radical (unpaired) electrons. The van der Waals surface area contributed by atoms with E-state index < -0.39 is 189 Å². The lowest BCUT2D eigenvalue weighted by Crippen LogP contribution is -2.69. The van der Waals surface area contributed by atoms with Gasteiger partial charge in [-0.15, -0.1) is 0 Å². The molecule has 2 aliphatic rings. The highest BCUT2D eigenvalue weighted by Crippen LogP contribution is 2.30. The summed E-state index contributed by atoms with van der Waals surface area (Å²) in [7, 11) is 0. The molecular formula is C50H72N8O21. The summed E-state index contributed by atoms with van der Waals surface area (Å²) in [6.07, 6.45) is -18.6. The lowest BCUT2D eigenvalue weighted by molar-refractivity contribution is -0.347. The number of nitrogens with two attached hydrogens (primary N) is 1. The van der Waals surface area contributed by atoms with Gasteiger partial charge >= 0.3 is 5.97 Å². The Morgan fingerprint density at radius 3 is 1.56 bits per heavy atom. The maximum Gasteiger partial charge on any atom is 0.326 e. The monoisotopic (exact) mass is 1120 g/mol. The largest absolute Gasteiger partial charge is 0.480 e. The fraction of sp³-hybridized carbons (Fsp3) is 0.580. The summed E-state index contributed by atoms with van der Waals surface area (Å²) in [4.78, 5) is 119. The van der Waals surface area contributed by atoms with E-state index in [4.69, 9.17) is 24.7 Å². The SMILES string of the molecule is CC(=O)N[C@H]1[C@@H](O[C@H](C)[C@H](NC(C)=O)C(=O)N[C@H](C(=O)N[C@@H](CO)C(=O)N[C@@H](Cc2ccccc2)C(=O)N[C@@H](CC(N)=O)C(=O)N[C@@H](Cc2ccccc2)C(=O)O)C(C)C)O[C@H](CO)[C@H](O)[C@@H]1O[C@@H]1O[C@H](CO)[C@H](O)[C@H](O)[C@H]1O. The molecule has 438 valence electrons. The van der Waals surface area contributed by atoms with Crippen LogP contribution in [0.3, 0.4) is 0 Å². The summed E-state index contributed by atoms with van der Waals surface area (Å²) >= 11 is 0. The molecule has 2 heterocycles. The molecule has 2 fully saturated rings. The Kier molecular flexibility index (Phi) is 25.0. The van der Waals surface area contributed by atoms with Crippen molar-refractivity contribution in [3.8, 4) is 0 Å². The smallest absolute Gasteiger partial charge is 0.326 e. The van der Waals surface area contributed by atoms with Crippen LogP contribution in [0.2, 0.25) is 0 Å². The predicted molar refractivity (Wildman–Crippen MR) is 269 cm³/mol. The summed E-state index contributed by atoms with van der Waals surface area (Å²) in [5.41, 5.74) is 6.43. The second-order valence-corrected chi connectivity index (χ2v) is 19.3. The lowest BCUT2D eigenvalue weighted by atomic mass is 9.95. The summed E-state index contributed by atoms with van der Waals surface area (Å²) in [5, 5.41) is 99.6. The first-order chi connectivity index (χ1) is 37.3. The van der Waals surface area contributed by atoms with E-state index in [0.29, 0.717) is 11.1 Å². The number of carbonyl (C=O) groups excluding carboxylic acids is 8. The van der Waals surface area contributed by atoms with Crippen LogP contribution in [0.5, 0.6) is 0 Å². The highest BCUT2D eigenvalue weighted by molar-refractivity contribution is 5.98. The van der Waals surface area contributed by atoms with Crippen molar-refractivity contribution >= 4 is 53.2 Å². The van der Waals surface area contributed by atoms with Crippen LogP contribution >= 0.6 is 0 Å². The Bertz CT molecular complexity index is 2390. The number of aliphatic hydroxyl groups is 7. The molecule has 4 rings (SSSR count). The third kappa shape index (κ3) is 18.7. The number of aliphatic hydroxyl groups excluding tert-OH is 7. The third-order valence-corrected chi connectivity index (χ3v) is 12.7. The molecule has 79 heavy (non-hydrogen) atoms. The van der Waals surface area contributed by atoms with Gasteiger partial charge in [-0.1, -0.05) is 74.5 Å². The van der Waals surface area contributed by atoms with Crippen LogP contribution in [0.15, 0.2) is 60.7 Å². The third-order valence-electron chi connectivity index (χ3n) is 12.7. The van der Waals surface area contributed by atoms with Gasteiger partial charge in [0.1, 0.15) is 85.0 Å². The van der Waals surface area contributed by atoms with Crippen molar-refractivity contribution in [1.29, 1.82) is 0 Å². The highest BCUT2D eigenvalue weighted by Gasteiger charge is 2.52. The Hall–Kier alpha value is -6.77. The molecule has 0 unspecified atom stereocenters. The lowest BCUT2D eigenvalue weighted by Gasteiger charge is -2.48. The van der Waals surface area contributed by atoms with Crippen molar-refractivity contribution in [3.63, 3.8) is 0 Å². The molecule has 0 spiro atoms. The van der Waals surface area contributed by atoms with Crippen LogP contribution in [0.25, 0.3) is 0 Å². The summed E-state index contributed by atoms with van der Waals surface area (Å²) in [6.45, 7) is 3.53. The van der Waals surface area contributed by atoms with Gasteiger partial charge in [-0.25, -0.2) is 4.79 Å². The Labute approximate surface area is 453 Å². The van der Waals surface area contributed by atoms with E-state index in [1.807, 2.05) is 0 Å². The van der Waals surface area contributed by atoms with Gasteiger partial charge in [0.15, 0.2) is 12.6 Å². The Morgan fingerprint density at radius 2 is 1.05 bits per heavy atom. The number of hydrogen-bond donors (Lipinski definition) is 16. The van der Waals surface area contributed by atoms with Crippen molar-refractivity contribution in [1.82, 2.24) is 37.2 Å². The first-order valence-corrected chi connectivity index (χ1v) is 25.1. The van der Waals surface area contributed by atoms with E-state index in [1.54, 1.807) is 60.7 Å². The highest BCUT2D eigenvalue weighted by atomic mass is 16.7. The number of amides is 8. The number of carboxylic acid groups (broad SMARTS) is 1. The number of primary amides is 1. The molecule has 2 saturated heterocycles. The minimum absolute atomic E-state index is 0.167. The van der Waals surface area contributed by atoms with Crippen LogP contribution in [-0.2, 0) is 74.9 Å². The molecule has 8 amide bonds. The van der Waals surface area contributed by atoms with E-state index in [-0.39, 0.29) is 12.8 Å². The average Bonchev–Trinajstić information content (AvgIpc) is 3.39. The zero-order valence-corrected chi connectivity index (χ0v) is 43.9. The van der Waals surface area contributed by atoms with Gasteiger partial charge in [-0.2, -0.15) is 0 Å². The molecule has 29 heteroatoms. The normalized spacial score (nSPS) is 25.6. The molecule has 0 saturated carbocycles. The van der Waals surface area contributed by atoms with E-state index >= 15 is 0 Å². The fourth-order valence-electron chi connectivity index (χ4n) is 8.54. The van der Waals surface area contributed by atoms with Crippen LogP contribution in [-0.4, -0.2) is 218 Å². The first kappa shape index (κ1) is 64.8. The maximum absolute atomic E-state index is 14.2. The van der Waals surface area contributed by atoms with Gasteiger partial charge < -0.3 is 103 Å². The van der Waals surface area contributed by atoms with Crippen molar-refractivity contribution in [2.75, 3.05) is 19.8 Å². The number of ether oxygens (including phenoxy) is 4. The van der Waals surface area contributed by atoms with Crippen molar-refractivity contribution in [3.05, 3.63) is 71.8 Å². The minimum atomic E-state index is -1.98. The van der Waals surface area contributed by atoms with Crippen molar-refractivity contribution in [2.45, 2.75) is 158 Å². The Balaban J connectivity index is 1.54. The second kappa shape index (κ2) is 30.6. The molecule has 2 aromatic rings. The van der Waals surface area contributed by atoms with Gasteiger partial charge in [0, 0.05) is 26.7 Å². The fourth-order valence-corrected chi connectivity index (χ4v) is 8.54.